The van der Waals surface area contributed by atoms with Crippen LogP contribution in [0.25, 0.3) is 23.3 Å². The van der Waals surface area contributed by atoms with E-state index in [1.807, 2.05) is 84.9 Å². The summed E-state index contributed by atoms with van der Waals surface area (Å²) in [6.45, 7) is 0. The van der Waals surface area contributed by atoms with Gasteiger partial charge in [-0.1, -0.05) is 97.1 Å². The largest absolute Gasteiger partial charge is 0.493 e. The highest BCUT2D eigenvalue weighted by atomic mass is 16.6. The number of esters is 1. The fraction of sp³-hybridized carbons (Fsp3) is 0.0323. The first-order chi connectivity index (χ1) is 17.1. The summed E-state index contributed by atoms with van der Waals surface area (Å²) in [7, 11) is 1.50. The molecule has 172 valence electrons. The van der Waals surface area contributed by atoms with E-state index in [0.717, 1.165) is 22.3 Å². The Labute approximate surface area is 204 Å². The summed E-state index contributed by atoms with van der Waals surface area (Å²) in [6.07, 6.45) is 6.27. The molecule has 0 unspecified atom stereocenters. The normalized spacial score (nSPS) is 11.0. The fourth-order valence-corrected chi connectivity index (χ4v) is 3.47. The highest BCUT2D eigenvalue weighted by Crippen LogP contribution is 2.29. The van der Waals surface area contributed by atoms with E-state index in [2.05, 4.69) is 0 Å². The Bertz CT molecular complexity index is 1350. The van der Waals surface area contributed by atoms with Crippen molar-refractivity contribution in [1.29, 1.82) is 0 Å². The van der Waals surface area contributed by atoms with Gasteiger partial charge in [0.05, 0.1) is 7.11 Å². The fourth-order valence-electron chi connectivity index (χ4n) is 3.47. The van der Waals surface area contributed by atoms with Crippen molar-refractivity contribution in [3.05, 3.63) is 132 Å². The molecule has 4 rings (SSSR count). The van der Waals surface area contributed by atoms with Crippen LogP contribution in [0, 0.1) is 0 Å². The lowest BCUT2D eigenvalue weighted by Gasteiger charge is -2.08. The molecule has 0 fully saturated rings. The van der Waals surface area contributed by atoms with E-state index >= 15 is 0 Å². The Morgan fingerprint density at radius 3 is 1.94 bits per heavy atom. The molecule has 4 aromatic rings. The molecular formula is C31H24O4. The Hall–Kier alpha value is -4.70. The van der Waals surface area contributed by atoms with Gasteiger partial charge in [-0.05, 0) is 46.5 Å². The number of carbonyl (C=O) groups excluding carboxylic acids is 2. The van der Waals surface area contributed by atoms with E-state index in [1.54, 1.807) is 30.4 Å². The zero-order chi connectivity index (χ0) is 24.5. The average molecular weight is 461 g/mol. The lowest BCUT2D eigenvalue weighted by atomic mass is 10.0. The van der Waals surface area contributed by atoms with Crippen molar-refractivity contribution in [3.63, 3.8) is 0 Å². The van der Waals surface area contributed by atoms with Crippen LogP contribution in [0.3, 0.4) is 0 Å². The minimum Gasteiger partial charge on any atom is -0.493 e. The molecule has 0 aromatic heterocycles. The SMILES string of the molecule is COc1cc(C=CC(=O)c2ccc(-c3ccccc3)cc2)ccc1OC(=O)C=Cc1ccccc1. The number of methoxy groups -OCH3 is 1. The molecule has 0 atom stereocenters. The van der Waals surface area contributed by atoms with E-state index in [4.69, 9.17) is 9.47 Å². The second-order valence-corrected chi connectivity index (χ2v) is 7.72. The zero-order valence-corrected chi connectivity index (χ0v) is 19.3. The summed E-state index contributed by atoms with van der Waals surface area (Å²) in [6, 6.07) is 32.1. The van der Waals surface area contributed by atoms with Gasteiger partial charge in [-0.2, -0.15) is 0 Å². The molecule has 0 N–H and O–H groups in total. The molecule has 0 spiro atoms. The van der Waals surface area contributed by atoms with Crippen molar-refractivity contribution in [1.82, 2.24) is 0 Å². The summed E-state index contributed by atoms with van der Waals surface area (Å²) in [5.74, 6) is 0.0816. The molecule has 0 heterocycles. The summed E-state index contributed by atoms with van der Waals surface area (Å²) in [4.78, 5) is 24.8. The number of ether oxygens (including phenoxy) is 2. The molecule has 0 amide bonds. The van der Waals surface area contributed by atoms with E-state index in [9.17, 15) is 9.59 Å². The molecule has 4 aromatic carbocycles. The van der Waals surface area contributed by atoms with Gasteiger partial charge >= 0.3 is 5.97 Å². The number of hydrogen-bond donors (Lipinski definition) is 0. The number of hydrogen-bond acceptors (Lipinski definition) is 4. The van der Waals surface area contributed by atoms with Gasteiger partial charge in [0.15, 0.2) is 17.3 Å². The third-order valence-electron chi connectivity index (χ3n) is 5.31. The first-order valence-electron chi connectivity index (χ1n) is 11.1. The Kier molecular flexibility index (Phi) is 7.66. The van der Waals surface area contributed by atoms with Crippen molar-refractivity contribution in [2.24, 2.45) is 0 Å². The molecule has 0 saturated carbocycles. The maximum absolute atomic E-state index is 12.6. The van der Waals surface area contributed by atoms with Crippen molar-refractivity contribution < 1.29 is 19.1 Å². The van der Waals surface area contributed by atoms with Crippen LogP contribution in [0.1, 0.15) is 21.5 Å². The van der Waals surface area contributed by atoms with Crippen LogP contribution in [-0.2, 0) is 4.79 Å². The maximum atomic E-state index is 12.6. The predicted octanol–water partition coefficient (Wildman–Crippen LogP) is 6.88. The number of carbonyl (C=O) groups is 2. The maximum Gasteiger partial charge on any atom is 0.336 e. The van der Waals surface area contributed by atoms with E-state index in [-0.39, 0.29) is 5.78 Å². The van der Waals surface area contributed by atoms with Gasteiger partial charge in [-0.25, -0.2) is 4.79 Å². The molecule has 4 nitrogen and oxygen atoms in total. The molecule has 0 bridgehead atoms. The molecule has 0 aliphatic carbocycles. The van der Waals surface area contributed by atoms with Crippen LogP contribution in [0.5, 0.6) is 11.5 Å². The smallest absolute Gasteiger partial charge is 0.336 e. The van der Waals surface area contributed by atoms with Crippen LogP contribution in [0.4, 0.5) is 0 Å². The lowest BCUT2D eigenvalue weighted by molar-refractivity contribution is -0.129. The summed E-state index contributed by atoms with van der Waals surface area (Å²) in [5.41, 5.74) is 4.40. The third-order valence-corrected chi connectivity index (χ3v) is 5.31. The molecule has 35 heavy (non-hydrogen) atoms. The quantitative estimate of drug-likeness (QED) is 0.125. The Morgan fingerprint density at radius 2 is 1.26 bits per heavy atom. The zero-order valence-electron chi connectivity index (χ0n) is 19.3. The van der Waals surface area contributed by atoms with Crippen LogP contribution in [0.15, 0.2) is 115 Å². The van der Waals surface area contributed by atoms with Crippen LogP contribution >= 0.6 is 0 Å². The Morgan fingerprint density at radius 1 is 0.629 bits per heavy atom. The first kappa shape index (κ1) is 23.5. The van der Waals surface area contributed by atoms with Crippen molar-refractivity contribution >= 4 is 23.9 Å². The topological polar surface area (TPSA) is 52.6 Å². The second kappa shape index (κ2) is 11.4. The highest BCUT2D eigenvalue weighted by molar-refractivity contribution is 6.07. The molecule has 0 aliphatic heterocycles. The van der Waals surface area contributed by atoms with Crippen LogP contribution in [-0.4, -0.2) is 18.9 Å². The number of allylic oxidation sites excluding steroid dienone is 1. The van der Waals surface area contributed by atoms with E-state index < -0.39 is 5.97 Å². The van der Waals surface area contributed by atoms with Crippen molar-refractivity contribution in [2.75, 3.05) is 7.11 Å². The highest BCUT2D eigenvalue weighted by Gasteiger charge is 2.09. The number of benzene rings is 4. The third kappa shape index (κ3) is 6.42. The lowest BCUT2D eigenvalue weighted by Crippen LogP contribution is -2.05. The van der Waals surface area contributed by atoms with Gasteiger partial charge in [0.25, 0.3) is 0 Å². The molecular weight excluding hydrogens is 436 g/mol. The van der Waals surface area contributed by atoms with Gasteiger partial charge in [0.1, 0.15) is 0 Å². The van der Waals surface area contributed by atoms with Crippen molar-refractivity contribution in [3.8, 4) is 22.6 Å². The summed E-state index contributed by atoms with van der Waals surface area (Å²) in [5, 5.41) is 0. The monoisotopic (exact) mass is 460 g/mol. The minimum absolute atomic E-state index is 0.106. The van der Waals surface area contributed by atoms with Crippen molar-refractivity contribution in [2.45, 2.75) is 0 Å². The van der Waals surface area contributed by atoms with Crippen LogP contribution < -0.4 is 9.47 Å². The van der Waals surface area contributed by atoms with Gasteiger partial charge in [0.2, 0.25) is 0 Å². The van der Waals surface area contributed by atoms with Crippen LogP contribution in [0.2, 0.25) is 0 Å². The summed E-state index contributed by atoms with van der Waals surface area (Å²) >= 11 is 0. The number of ketones is 1. The molecule has 0 saturated heterocycles. The molecule has 0 radical (unpaired) electrons. The molecule has 4 heteroatoms. The van der Waals surface area contributed by atoms with Gasteiger partial charge in [0, 0.05) is 11.6 Å². The predicted molar refractivity (Wildman–Crippen MR) is 139 cm³/mol. The van der Waals surface area contributed by atoms with Gasteiger partial charge < -0.3 is 9.47 Å². The number of rotatable bonds is 8. The van der Waals surface area contributed by atoms with E-state index in [1.165, 1.54) is 19.3 Å². The minimum atomic E-state index is -0.510. The van der Waals surface area contributed by atoms with E-state index in [0.29, 0.717) is 17.1 Å². The van der Waals surface area contributed by atoms with Gasteiger partial charge in [-0.3, -0.25) is 4.79 Å². The second-order valence-electron chi connectivity index (χ2n) is 7.72. The molecule has 0 aliphatic rings. The first-order valence-corrected chi connectivity index (χ1v) is 11.1. The van der Waals surface area contributed by atoms with Gasteiger partial charge in [-0.15, -0.1) is 0 Å². The summed E-state index contributed by atoms with van der Waals surface area (Å²) < 4.78 is 10.8. The Balaban J connectivity index is 1.41. The standard InChI is InChI=1S/C31H24O4/c1-34-30-22-24(13-20-29(30)35-31(33)21-14-23-8-4-2-5-9-23)12-19-28(32)27-17-15-26(16-18-27)25-10-6-3-7-11-25/h2-22H,1H3. The average Bonchev–Trinajstić information content (AvgIpc) is 2.92.